The van der Waals surface area contributed by atoms with E-state index in [0.717, 1.165) is 7.11 Å². The Morgan fingerprint density at radius 1 is 1.15 bits per heavy atom. The summed E-state index contributed by atoms with van der Waals surface area (Å²) in [4.78, 5) is 39.3. The Balaban J connectivity index is 2.06. The van der Waals surface area contributed by atoms with Gasteiger partial charge in [-0.15, -0.1) is 0 Å². The minimum Gasteiger partial charge on any atom is -0.468 e. The Bertz CT molecular complexity index is 1120. The number of fused-ring (bicyclic) bond motifs is 3. The van der Waals surface area contributed by atoms with E-state index in [0.29, 0.717) is 21.7 Å². The molecule has 0 radical (unpaired) electrons. The van der Waals surface area contributed by atoms with Gasteiger partial charge < -0.3 is 9.15 Å². The molecule has 0 saturated heterocycles. The first-order valence-corrected chi connectivity index (χ1v) is 8.62. The summed E-state index contributed by atoms with van der Waals surface area (Å²) < 4.78 is 10.3. The van der Waals surface area contributed by atoms with Crippen LogP contribution in [0.25, 0.3) is 11.0 Å². The van der Waals surface area contributed by atoms with Crippen LogP contribution in [0.3, 0.4) is 0 Å². The molecule has 2 aromatic carbocycles. The second kappa shape index (κ2) is 6.40. The molecule has 0 N–H and O–H groups in total. The predicted octanol–water partition coefficient (Wildman–Crippen LogP) is 4.39. The fourth-order valence-corrected chi connectivity index (χ4v) is 3.52. The zero-order valence-electron chi connectivity index (χ0n) is 13.9. The van der Waals surface area contributed by atoms with E-state index in [4.69, 9.17) is 27.6 Å². The monoisotopic (exact) mass is 403 g/mol. The molecule has 1 aromatic heterocycles. The van der Waals surface area contributed by atoms with Gasteiger partial charge in [0.2, 0.25) is 11.7 Å². The number of ketones is 1. The lowest BCUT2D eigenvalue weighted by atomic mass is 9.93. The normalized spacial score (nSPS) is 16.6. The largest absolute Gasteiger partial charge is 0.468 e. The molecule has 3 aromatic rings. The summed E-state index contributed by atoms with van der Waals surface area (Å²) in [5.41, 5.74) is 0.873. The van der Waals surface area contributed by atoms with Gasteiger partial charge in [-0.2, -0.15) is 0 Å². The SMILES string of the molecule is COC(=O)C1C(=O)c2oc3ccc(Cl)cc3c2N(c2ccccc2Cl)C1=O. The molecule has 0 aliphatic carbocycles. The van der Waals surface area contributed by atoms with Crippen LogP contribution in [-0.2, 0) is 14.3 Å². The molecule has 0 saturated carbocycles. The number of rotatable bonds is 2. The number of benzene rings is 2. The van der Waals surface area contributed by atoms with Gasteiger partial charge in [-0.1, -0.05) is 35.3 Å². The topological polar surface area (TPSA) is 76.8 Å². The van der Waals surface area contributed by atoms with Gasteiger partial charge >= 0.3 is 5.97 Å². The number of anilines is 2. The molecule has 1 aliphatic rings. The lowest BCUT2D eigenvalue weighted by Crippen LogP contribution is -2.45. The Hall–Kier alpha value is -2.83. The van der Waals surface area contributed by atoms with Gasteiger partial charge in [0.05, 0.1) is 17.8 Å². The number of para-hydroxylation sites is 1. The summed E-state index contributed by atoms with van der Waals surface area (Å²) in [6, 6.07) is 11.4. The molecule has 6 nitrogen and oxygen atoms in total. The number of nitrogens with zero attached hydrogens (tertiary/aromatic N) is 1. The number of furan rings is 1. The molecular weight excluding hydrogens is 393 g/mol. The van der Waals surface area contributed by atoms with Crippen molar-refractivity contribution in [3.05, 3.63) is 58.3 Å². The van der Waals surface area contributed by atoms with Crippen molar-refractivity contribution in [2.75, 3.05) is 12.0 Å². The number of methoxy groups -OCH3 is 1. The van der Waals surface area contributed by atoms with Crippen molar-refractivity contribution in [2.24, 2.45) is 5.92 Å². The Kier molecular flexibility index (Phi) is 4.17. The first-order chi connectivity index (χ1) is 12.9. The number of carbonyl (C=O) groups excluding carboxylic acids is 3. The third-order valence-corrected chi connectivity index (χ3v) is 4.89. The second-order valence-corrected chi connectivity index (χ2v) is 6.71. The van der Waals surface area contributed by atoms with E-state index in [1.54, 1.807) is 42.5 Å². The highest BCUT2D eigenvalue weighted by molar-refractivity contribution is 6.38. The van der Waals surface area contributed by atoms with Crippen LogP contribution in [0.1, 0.15) is 10.6 Å². The van der Waals surface area contributed by atoms with E-state index in [9.17, 15) is 14.4 Å². The van der Waals surface area contributed by atoms with Gasteiger partial charge in [0.25, 0.3) is 5.91 Å². The van der Waals surface area contributed by atoms with Gasteiger partial charge in [0, 0.05) is 10.4 Å². The summed E-state index contributed by atoms with van der Waals surface area (Å²) in [7, 11) is 1.11. The number of amides is 1. The Morgan fingerprint density at radius 3 is 2.59 bits per heavy atom. The first kappa shape index (κ1) is 17.6. The van der Waals surface area contributed by atoms with Crippen LogP contribution in [0.4, 0.5) is 11.4 Å². The first-order valence-electron chi connectivity index (χ1n) is 7.86. The van der Waals surface area contributed by atoms with E-state index in [1.165, 1.54) is 4.90 Å². The van der Waals surface area contributed by atoms with Gasteiger partial charge in [-0.3, -0.25) is 19.3 Å². The van der Waals surface area contributed by atoms with E-state index in [2.05, 4.69) is 4.74 Å². The quantitative estimate of drug-likeness (QED) is 0.468. The smallest absolute Gasteiger partial charge is 0.326 e. The molecule has 1 aliphatic heterocycles. The van der Waals surface area contributed by atoms with Crippen LogP contribution in [0.5, 0.6) is 0 Å². The van der Waals surface area contributed by atoms with Crippen molar-refractivity contribution >= 4 is 63.2 Å². The molecule has 1 atom stereocenters. The van der Waals surface area contributed by atoms with Crippen molar-refractivity contribution in [2.45, 2.75) is 0 Å². The van der Waals surface area contributed by atoms with Crippen LogP contribution in [0, 0.1) is 5.92 Å². The number of Topliss-reactive ketones (excluding diaryl/α,β-unsaturated/α-hetero) is 1. The minimum absolute atomic E-state index is 0.123. The summed E-state index contributed by atoms with van der Waals surface area (Å²) in [6.07, 6.45) is 0. The summed E-state index contributed by atoms with van der Waals surface area (Å²) in [6.45, 7) is 0. The highest BCUT2D eigenvalue weighted by atomic mass is 35.5. The highest BCUT2D eigenvalue weighted by Crippen LogP contribution is 2.45. The molecule has 2 heterocycles. The summed E-state index contributed by atoms with van der Waals surface area (Å²) >= 11 is 12.4. The van der Waals surface area contributed by atoms with Gasteiger partial charge in [-0.05, 0) is 30.3 Å². The van der Waals surface area contributed by atoms with Crippen molar-refractivity contribution < 1.29 is 23.5 Å². The van der Waals surface area contributed by atoms with Crippen LogP contribution in [-0.4, -0.2) is 24.8 Å². The molecule has 1 amide bonds. The molecular formula is C19H11Cl2NO5. The van der Waals surface area contributed by atoms with E-state index >= 15 is 0 Å². The van der Waals surface area contributed by atoms with Crippen molar-refractivity contribution in [1.82, 2.24) is 0 Å². The lowest BCUT2D eigenvalue weighted by Gasteiger charge is -2.30. The predicted molar refractivity (Wildman–Crippen MR) is 99.7 cm³/mol. The van der Waals surface area contributed by atoms with E-state index < -0.39 is 23.6 Å². The standard InChI is InChI=1S/C19H11Cl2NO5/c1-26-19(25)14-16(23)17-15(10-8-9(20)6-7-13(10)27-17)22(18(14)24)12-5-3-2-4-11(12)21/h2-8,14H,1H3. The van der Waals surface area contributed by atoms with Crippen LogP contribution in [0.2, 0.25) is 10.0 Å². The number of esters is 1. The minimum atomic E-state index is -1.67. The number of ether oxygens (including phenoxy) is 1. The van der Waals surface area contributed by atoms with E-state index in [-0.39, 0.29) is 16.5 Å². The molecule has 1 unspecified atom stereocenters. The maximum absolute atomic E-state index is 13.1. The average Bonchev–Trinajstić information content (AvgIpc) is 3.02. The number of hydrogen-bond acceptors (Lipinski definition) is 5. The lowest BCUT2D eigenvalue weighted by molar-refractivity contribution is -0.147. The third-order valence-electron chi connectivity index (χ3n) is 4.33. The maximum atomic E-state index is 13.1. The van der Waals surface area contributed by atoms with Crippen LogP contribution < -0.4 is 4.90 Å². The second-order valence-electron chi connectivity index (χ2n) is 5.87. The molecule has 27 heavy (non-hydrogen) atoms. The maximum Gasteiger partial charge on any atom is 0.326 e. The third kappa shape index (κ3) is 2.60. The Labute approximate surface area is 163 Å². The number of carbonyl (C=O) groups is 3. The molecule has 136 valence electrons. The fourth-order valence-electron chi connectivity index (χ4n) is 3.13. The van der Waals surface area contributed by atoms with Crippen molar-refractivity contribution in [3.8, 4) is 0 Å². The summed E-state index contributed by atoms with van der Waals surface area (Å²) in [5, 5.41) is 1.13. The molecule has 8 heteroatoms. The number of halogens is 2. The zero-order chi connectivity index (χ0) is 19.3. The van der Waals surface area contributed by atoms with Crippen molar-refractivity contribution in [3.63, 3.8) is 0 Å². The molecule has 0 bridgehead atoms. The molecule has 0 fully saturated rings. The van der Waals surface area contributed by atoms with Gasteiger partial charge in [0.1, 0.15) is 11.3 Å². The van der Waals surface area contributed by atoms with Gasteiger partial charge in [0.15, 0.2) is 5.76 Å². The zero-order valence-corrected chi connectivity index (χ0v) is 15.4. The van der Waals surface area contributed by atoms with Crippen LogP contribution >= 0.6 is 23.2 Å². The molecule has 4 rings (SSSR count). The Morgan fingerprint density at radius 2 is 1.89 bits per heavy atom. The van der Waals surface area contributed by atoms with Crippen LogP contribution in [0.15, 0.2) is 46.9 Å². The van der Waals surface area contributed by atoms with Gasteiger partial charge in [-0.25, -0.2) is 0 Å². The highest BCUT2D eigenvalue weighted by Gasteiger charge is 2.48. The average molecular weight is 404 g/mol. The summed E-state index contributed by atoms with van der Waals surface area (Å²) in [5.74, 6) is -4.30. The van der Waals surface area contributed by atoms with Crippen molar-refractivity contribution in [1.29, 1.82) is 0 Å². The fraction of sp³-hybridized carbons (Fsp3) is 0.105. The number of hydrogen-bond donors (Lipinski definition) is 0. The molecule has 0 spiro atoms. The van der Waals surface area contributed by atoms with E-state index in [1.807, 2.05) is 0 Å².